The first-order valence-electron chi connectivity index (χ1n) is 6.82. The molecule has 1 rings (SSSR count). The van der Waals surface area contributed by atoms with Gasteiger partial charge in [-0.25, -0.2) is 0 Å². The van der Waals surface area contributed by atoms with Gasteiger partial charge in [0.05, 0.1) is 26.4 Å². The summed E-state index contributed by atoms with van der Waals surface area (Å²) in [6, 6.07) is 8.18. The number of ether oxygens (including phenoxy) is 3. The zero-order valence-corrected chi connectivity index (χ0v) is 11.9. The van der Waals surface area contributed by atoms with E-state index in [1.165, 1.54) is 5.56 Å². The van der Waals surface area contributed by atoms with Crippen LogP contribution in [-0.4, -0.2) is 39.6 Å². The molecule has 0 amide bonds. The molecular weight excluding hydrogens is 242 g/mol. The lowest BCUT2D eigenvalue weighted by Gasteiger charge is -2.10. The monoisotopic (exact) mass is 267 g/mol. The first-order chi connectivity index (χ1) is 9.24. The van der Waals surface area contributed by atoms with E-state index in [-0.39, 0.29) is 0 Å². The number of benzene rings is 1. The molecule has 0 heterocycles. The Bertz CT molecular complexity index is 342. The molecule has 0 aliphatic heterocycles. The molecule has 0 spiro atoms. The van der Waals surface area contributed by atoms with Crippen LogP contribution in [0.2, 0.25) is 0 Å². The molecule has 2 N–H and O–H groups in total. The first-order valence-corrected chi connectivity index (χ1v) is 6.82. The van der Waals surface area contributed by atoms with E-state index in [0.29, 0.717) is 45.5 Å². The molecule has 0 saturated carbocycles. The fraction of sp³-hybridized carbons (Fsp3) is 0.600. The van der Waals surface area contributed by atoms with Crippen LogP contribution in [0.3, 0.4) is 0 Å². The summed E-state index contributed by atoms with van der Waals surface area (Å²) in [5.41, 5.74) is 6.59. The van der Waals surface area contributed by atoms with Crippen LogP contribution in [0.4, 0.5) is 0 Å². The maximum atomic E-state index is 5.64. The largest absolute Gasteiger partial charge is 0.491 e. The Balaban J connectivity index is 2.10. The minimum atomic E-state index is 0.513. The molecule has 19 heavy (non-hydrogen) atoms. The zero-order valence-electron chi connectivity index (χ0n) is 11.9. The minimum absolute atomic E-state index is 0.513. The zero-order chi connectivity index (χ0) is 13.9. The number of hydrogen-bond acceptors (Lipinski definition) is 4. The highest BCUT2D eigenvalue weighted by atomic mass is 16.5. The fourth-order valence-electron chi connectivity index (χ4n) is 1.59. The Kier molecular flexibility index (Phi) is 8.21. The quantitative estimate of drug-likeness (QED) is 0.660. The van der Waals surface area contributed by atoms with Crippen LogP contribution in [0.1, 0.15) is 25.3 Å². The molecule has 0 radical (unpaired) electrons. The van der Waals surface area contributed by atoms with Gasteiger partial charge in [0.2, 0.25) is 0 Å². The Labute approximate surface area is 115 Å². The van der Waals surface area contributed by atoms with Gasteiger partial charge in [-0.05, 0) is 23.6 Å². The van der Waals surface area contributed by atoms with Crippen molar-refractivity contribution >= 4 is 0 Å². The maximum Gasteiger partial charge on any atom is 0.119 e. The maximum absolute atomic E-state index is 5.64. The van der Waals surface area contributed by atoms with Gasteiger partial charge in [0.25, 0.3) is 0 Å². The molecule has 0 bridgehead atoms. The highest BCUT2D eigenvalue weighted by molar-refractivity contribution is 5.30. The van der Waals surface area contributed by atoms with Crippen molar-refractivity contribution in [3.8, 4) is 5.75 Å². The van der Waals surface area contributed by atoms with E-state index < -0.39 is 0 Å². The molecule has 0 fully saturated rings. The highest BCUT2D eigenvalue weighted by Gasteiger charge is 2.00. The Morgan fingerprint density at radius 2 is 1.68 bits per heavy atom. The molecule has 0 unspecified atom stereocenters. The van der Waals surface area contributed by atoms with Crippen molar-refractivity contribution in [3.63, 3.8) is 0 Å². The third-order valence-electron chi connectivity index (χ3n) is 2.66. The van der Waals surface area contributed by atoms with Gasteiger partial charge in [0, 0.05) is 6.54 Å². The van der Waals surface area contributed by atoms with E-state index >= 15 is 0 Å². The second kappa shape index (κ2) is 9.78. The number of hydrogen-bond donors (Lipinski definition) is 1. The molecule has 0 saturated heterocycles. The van der Waals surface area contributed by atoms with Crippen molar-refractivity contribution in [2.24, 2.45) is 5.73 Å². The summed E-state index contributed by atoms with van der Waals surface area (Å²) < 4.78 is 16.2. The average molecular weight is 267 g/mol. The van der Waals surface area contributed by atoms with E-state index in [9.17, 15) is 0 Å². The summed E-state index contributed by atoms with van der Waals surface area (Å²) in [5.74, 6) is 1.41. The van der Waals surface area contributed by atoms with Gasteiger partial charge in [0.15, 0.2) is 0 Å². The van der Waals surface area contributed by atoms with E-state index in [2.05, 4.69) is 26.0 Å². The third kappa shape index (κ3) is 7.15. The van der Waals surface area contributed by atoms with Crippen LogP contribution < -0.4 is 10.5 Å². The molecule has 1 aromatic carbocycles. The number of rotatable bonds is 10. The van der Waals surface area contributed by atoms with Crippen LogP contribution >= 0.6 is 0 Å². The van der Waals surface area contributed by atoms with Crippen molar-refractivity contribution in [2.45, 2.75) is 19.8 Å². The van der Waals surface area contributed by atoms with E-state index in [1.807, 2.05) is 12.1 Å². The van der Waals surface area contributed by atoms with Gasteiger partial charge in [-0.15, -0.1) is 0 Å². The molecule has 0 aliphatic rings. The number of nitrogens with two attached hydrogens (primary N) is 1. The molecule has 108 valence electrons. The molecule has 4 heteroatoms. The van der Waals surface area contributed by atoms with Crippen LogP contribution in [0.5, 0.6) is 5.75 Å². The predicted molar refractivity (Wildman–Crippen MR) is 76.7 cm³/mol. The SMILES string of the molecule is CC(C)c1cccc(OCCOCCOCCN)c1. The van der Waals surface area contributed by atoms with Crippen molar-refractivity contribution in [2.75, 3.05) is 39.6 Å². The smallest absolute Gasteiger partial charge is 0.119 e. The van der Waals surface area contributed by atoms with E-state index in [1.54, 1.807) is 0 Å². The minimum Gasteiger partial charge on any atom is -0.491 e. The van der Waals surface area contributed by atoms with E-state index in [0.717, 1.165) is 5.75 Å². The van der Waals surface area contributed by atoms with Gasteiger partial charge in [-0.3, -0.25) is 0 Å². The van der Waals surface area contributed by atoms with Crippen LogP contribution in [0.25, 0.3) is 0 Å². The van der Waals surface area contributed by atoms with Crippen LogP contribution in [0, 0.1) is 0 Å². The summed E-state index contributed by atoms with van der Waals surface area (Å²) in [4.78, 5) is 0. The van der Waals surface area contributed by atoms with Crippen LogP contribution in [-0.2, 0) is 9.47 Å². The van der Waals surface area contributed by atoms with Crippen molar-refractivity contribution in [1.29, 1.82) is 0 Å². The lowest BCUT2D eigenvalue weighted by Crippen LogP contribution is -2.14. The normalized spacial score (nSPS) is 10.9. The van der Waals surface area contributed by atoms with Crippen molar-refractivity contribution < 1.29 is 14.2 Å². The molecular formula is C15H25NO3. The van der Waals surface area contributed by atoms with Gasteiger partial charge in [0.1, 0.15) is 12.4 Å². The van der Waals surface area contributed by atoms with Crippen LogP contribution in [0.15, 0.2) is 24.3 Å². The van der Waals surface area contributed by atoms with Gasteiger partial charge >= 0.3 is 0 Å². The Hall–Kier alpha value is -1.10. The first kappa shape index (κ1) is 16.0. The Morgan fingerprint density at radius 3 is 2.37 bits per heavy atom. The van der Waals surface area contributed by atoms with E-state index in [4.69, 9.17) is 19.9 Å². The lowest BCUT2D eigenvalue weighted by molar-refractivity contribution is 0.0388. The molecule has 1 aromatic rings. The molecule has 0 aromatic heterocycles. The summed E-state index contributed by atoms with van der Waals surface area (Å²) in [6.45, 7) is 7.76. The summed E-state index contributed by atoms with van der Waals surface area (Å²) >= 11 is 0. The van der Waals surface area contributed by atoms with Crippen molar-refractivity contribution in [3.05, 3.63) is 29.8 Å². The Morgan fingerprint density at radius 1 is 1.00 bits per heavy atom. The van der Waals surface area contributed by atoms with Gasteiger partial charge < -0.3 is 19.9 Å². The molecule has 0 aliphatic carbocycles. The molecule has 0 atom stereocenters. The van der Waals surface area contributed by atoms with Gasteiger partial charge in [-0.1, -0.05) is 26.0 Å². The lowest BCUT2D eigenvalue weighted by atomic mass is 10.0. The fourth-order valence-corrected chi connectivity index (χ4v) is 1.59. The third-order valence-corrected chi connectivity index (χ3v) is 2.66. The van der Waals surface area contributed by atoms with Gasteiger partial charge in [-0.2, -0.15) is 0 Å². The topological polar surface area (TPSA) is 53.7 Å². The second-order valence-corrected chi connectivity index (χ2v) is 4.59. The predicted octanol–water partition coefficient (Wildman–Crippen LogP) is 2.18. The summed E-state index contributed by atoms with van der Waals surface area (Å²) in [6.07, 6.45) is 0. The highest BCUT2D eigenvalue weighted by Crippen LogP contribution is 2.19. The summed E-state index contributed by atoms with van der Waals surface area (Å²) in [7, 11) is 0. The summed E-state index contributed by atoms with van der Waals surface area (Å²) in [5, 5.41) is 0. The average Bonchev–Trinajstić information content (AvgIpc) is 2.42. The van der Waals surface area contributed by atoms with Crippen molar-refractivity contribution in [1.82, 2.24) is 0 Å². The molecule has 4 nitrogen and oxygen atoms in total. The second-order valence-electron chi connectivity index (χ2n) is 4.59. The standard InChI is InChI=1S/C15H25NO3/c1-13(2)14-4-3-5-15(12-14)19-11-10-18-9-8-17-7-6-16/h3-5,12-13H,6-11,16H2,1-2H3.